The molecule has 0 unspecified atom stereocenters. The van der Waals surface area contributed by atoms with Gasteiger partial charge in [-0.1, -0.05) is 11.6 Å². The Morgan fingerprint density at radius 3 is 3.00 bits per heavy atom. The Morgan fingerprint density at radius 2 is 2.39 bits per heavy atom. The minimum Gasteiger partial charge on any atom is -0.294 e. The molecule has 1 fully saturated rings. The van der Waals surface area contributed by atoms with Crippen molar-refractivity contribution in [2.75, 3.05) is 6.54 Å². The van der Waals surface area contributed by atoms with Crippen LogP contribution in [0.3, 0.4) is 0 Å². The minimum atomic E-state index is 0.714. The van der Waals surface area contributed by atoms with E-state index in [-0.39, 0.29) is 0 Å². The summed E-state index contributed by atoms with van der Waals surface area (Å²) in [6.07, 6.45) is 6.26. The molecule has 3 nitrogen and oxygen atoms in total. The number of aromatic nitrogens is 2. The lowest BCUT2D eigenvalue weighted by molar-refractivity contribution is 0.240. The van der Waals surface area contributed by atoms with E-state index in [0.717, 1.165) is 25.7 Å². The third-order valence-corrected chi connectivity index (χ3v) is 4.17. The monoisotopic (exact) mass is 281 g/mol. The van der Waals surface area contributed by atoms with Crippen molar-refractivity contribution in [3.05, 3.63) is 39.8 Å². The molecular formula is C13H16ClN3S. The van der Waals surface area contributed by atoms with E-state index < -0.39 is 0 Å². The molecule has 0 aromatic carbocycles. The minimum absolute atomic E-state index is 0.714. The van der Waals surface area contributed by atoms with Gasteiger partial charge in [-0.2, -0.15) is 16.4 Å². The molecular weight excluding hydrogens is 266 g/mol. The Bertz CT molecular complexity index is 490. The van der Waals surface area contributed by atoms with Crippen molar-refractivity contribution < 1.29 is 0 Å². The van der Waals surface area contributed by atoms with Gasteiger partial charge in [-0.3, -0.25) is 9.58 Å². The van der Waals surface area contributed by atoms with Gasteiger partial charge in [0.2, 0.25) is 0 Å². The molecule has 0 amide bonds. The van der Waals surface area contributed by atoms with E-state index in [2.05, 4.69) is 26.8 Å². The van der Waals surface area contributed by atoms with Crippen molar-refractivity contribution in [1.29, 1.82) is 0 Å². The number of hydrogen-bond donors (Lipinski definition) is 0. The third-order valence-electron chi connectivity index (χ3n) is 3.25. The average molecular weight is 282 g/mol. The van der Waals surface area contributed by atoms with Gasteiger partial charge in [0.05, 0.1) is 17.8 Å². The first kappa shape index (κ1) is 12.2. The van der Waals surface area contributed by atoms with Gasteiger partial charge in [-0.05, 0) is 35.2 Å². The summed E-state index contributed by atoms with van der Waals surface area (Å²) < 4.78 is 1.92. The summed E-state index contributed by atoms with van der Waals surface area (Å²) >= 11 is 7.64. The zero-order valence-corrected chi connectivity index (χ0v) is 11.7. The molecule has 0 bridgehead atoms. The fourth-order valence-corrected chi connectivity index (χ4v) is 2.96. The molecule has 1 aliphatic rings. The van der Waals surface area contributed by atoms with Crippen LogP contribution in [0.1, 0.15) is 18.4 Å². The molecule has 18 heavy (non-hydrogen) atoms. The van der Waals surface area contributed by atoms with Crippen molar-refractivity contribution in [2.45, 2.75) is 32.0 Å². The molecule has 0 atom stereocenters. The Labute approximate surface area is 116 Å². The molecule has 0 saturated heterocycles. The quantitative estimate of drug-likeness (QED) is 0.810. The smallest absolute Gasteiger partial charge is 0.0785 e. The van der Waals surface area contributed by atoms with Crippen LogP contribution in [0, 0.1) is 0 Å². The number of rotatable bonds is 6. The zero-order chi connectivity index (χ0) is 12.4. The molecule has 2 heterocycles. The van der Waals surface area contributed by atoms with E-state index >= 15 is 0 Å². The summed E-state index contributed by atoms with van der Waals surface area (Å²) in [6, 6.07) is 2.99. The van der Waals surface area contributed by atoms with E-state index in [1.165, 1.54) is 18.4 Å². The van der Waals surface area contributed by atoms with Crippen LogP contribution in [0.15, 0.2) is 29.2 Å². The Morgan fingerprint density at radius 1 is 1.50 bits per heavy atom. The van der Waals surface area contributed by atoms with Crippen LogP contribution in [0.4, 0.5) is 0 Å². The highest BCUT2D eigenvalue weighted by Gasteiger charge is 2.28. The number of nitrogens with zero attached hydrogens (tertiary/aromatic N) is 3. The molecule has 96 valence electrons. The van der Waals surface area contributed by atoms with Crippen LogP contribution in [0.5, 0.6) is 0 Å². The van der Waals surface area contributed by atoms with Gasteiger partial charge in [0, 0.05) is 25.3 Å². The van der Waals surface area contributed by atoms with Crippen LogP contribution in [0.25, 0.3) is 0 Å². The fraction of sp³-hybridized carbons (Fsp3) is 0.462. The summed E-state index contributed by atoms with van der Waals surface area (Å²) in [5.41, 5.74) is 1.42. The van der Waals surface area contributed by atoms with E-state index in [1.807, 2.05) is 10.9 Å². The van der Waals surface area contributed by atoms with Crippen LogP contribution < -0.4 is 0 Å². The first-order valence-corrected chi connectivity index (χ1v) is 7.56. The van der Waals surface area contributed by atoms with Crippen LogP contribution in [0.2, 0.25) is 5.02 Å². The number of thiophene rings is 1. The van der Waals surface area contributed by atoms with E-state index in [4.69, 9.17) is 11.6 Å². The third kappa shape index (κ3) is 3.13. The average Bonchev–Trinajstić information content (AvgIpc) is 2.92. The second kappa shape index (κ2) is 5.43. The Hall–Kier alpha value is -0.840. The van der Waals surface area contributed by atoms with Crippen LogP contribution >= 0.6 is 22.9 Å². The van der Waals surface area contributed by atoms with Gasteiger partial charge < -0.3 is 0 Å². The Balaban J connectivity index is 1.57. The first-order chi connectivity index (χ1) is 8.81. The lowest BCUT2D eigenvalue weighted by Gasteiger charge is -2.21. The molecule has 2 aromatic heterocycles. The topological polar surface area (TPSA) is 21.1 Å². The maximum Gasteiger partial charge on any atom is 0.0785 e. The summed E-state index contributed by atoms with van der Waals surface area (Å²) in [5.74, 6) is 0. The maximum absolute atomic E-state index is 5.87. The van der Waals surface area contributed by atoms with E-state index in [9.17, 15) is 0 Å². The summed E-state index contributed by atoms with van der Waals surface area (Å²) in [7, 11) is 0. The predicted molar refractivity (Wildman–Crippen MR) is 75.0 cm³/mol. The van der Waals surface area contributed by atoms with Crippen molar-refractivity contribution >= 4 is 22.9 Å². The molecule has 0 N–H and O–H groups in total. The van der Waals surface area contributed by atoms with E-state index in [1.54, 1.807) is 17.5 Å². The van der Waals surface area contributed by atoms with Crippen molar-refractivity contribution in [2.24, 2.45) is 0 Å². The molecule has 2 aromatic rings. The molecule has 0 spiro atoms. The fourth-order valence-electron chi connectivity index (χ4n) is 2.14. The van der Waals surface area contributed by atoms with Gasteiger partial charge in [0.15, 0.2) is 0 Å². The molecule has 0 radical (unpaired) electrons. The molecule has 1 saturated carbocycles. The number of hydrogen-bond acceptors (Lipinski definition) is 3. The SMILES string of the molecule is Clc1cnn(CCN(Cc2ccsc2)C2CC2)c1. The molecule has 0 aliphatic heterocycles. The molecule has 3 rings (SSSR count). The lowest BCUT2D eigenvalue weighted by atomic mass is 10.3. The molecule has 1 aliphatic carbocycles. The van der Waals surface area contributed by atoms with Crippen LogP contribution in [-0.2, 0) is 13.1 Å². The summed E-state index contributed by atoms with van der Waals surface area (Å²) in [4.78, 5) is 2.55. The largest absolute Gasteiger partial charge is 0.294 e. The van der Waals surface area contributed by atoms with Gasteiger partial charge in [0.1, 0.15) is 0 Å². The second-order valence-corrected chi connectivity index (χ2v) is 5.97. The standard InChI is InChI=1S/C13H16ClN3S/c14-12-7-15-17(9-12)5-4-16(13-1-2-13)8-11-3-6-18-10-11/h3,6-7,9-10,13H,1-2,4-5,8H2. The normalized spacial score (nSPS) is 15.4. The summed E-state index contributed by atoms with van der Waals surface area (Å²) in [6.45, 7) is 3.01. The van der Waals surface area contributed by atoms with Gasteiger partial charge in [-0.15, -0.1) is 0 Å². The van der Waals surface area contributed by atoms with Gasteiger partial charge in [0.25, 0.3) is 0 Å². The van der Waals surface area contributed by atoms with Crippen LogP contribution in [-0.4, -0.2) is 27.3 Å². The summed E-state index contributed by atoms with van der Waals surface area (Å²) in [5, 5.41) is 9.32. The second-order valence-electron chi connectivity index (χ2n) is 4.75. The highest BCUT2D eigenvalue weighted by atomic mass is 35.5. The van der Waals surface area contributed by atoms with Gasteiger partial charge >= 0.3 is 0 Å². The van der Waals surface area contributed by atoms with Crippen molar-refractivity contribution in [3.63, 3.8) is 0 Å². The lowest BCUT2D eigenvalue weighted by Crippen LogP contribution is -2.29. The van der Waals surface area contributed by atoms with E-state index in [0.29, 0.717) is 5.02 Å². The van der Waals surface area contributed by atoms with Gasteiger partial charge in [-0.25, -0.2) is 0 Å². The molecule has 5 heteroatoms. The first-order valence-electron chi connectivity index (χ1n) is 6.24. The Kier molecular flexibility index (Phi) is 3.68. The number of halogens is 1. The van der Waals surface area contributed by atoms with Crippen molar-refractivity contribution in [3.8, 4) is 0 Å². The zero-order valence-electron chi connectivity index (χ0n) is 10.1. The van der Waals surface area contributed by atoms with Crippen molar-refractivity contribution in [1.82, 2.24) is 14.7 Å². The highest BCUT2D eigenvalue weighted by Crippen LogP contribution is 2.28. The predicted octanol–water partition coefficient (Wildman–Crippen LogP) is 3.26. The maximum atomic E-state index is 5.87. The highest BCUT2D eigenvalue weighted by molar-refractivity contribution is 7.07.